The largest absolute Gasteiger partial charge is 0.368 e. The van der Waals surface area contributed by atoms with Crippen molar-refractivity contribution in [2.75, 3.05) is 37.3 Å². The van der Waals surface area contributed by atoms with E-state index in [1.54, 1.807) is 12.1 Å². The molecule has 1 fully saturated rings. The van der Waals surface area contributed by atoms with Gasteiger partial charge in [0.25, 0.3) is 0 Å². The first kappa shape index (κ1) is 14.8. The number of nitrogens with zero attached hydrogens (tertiary/aromatic N) is 3. The van der Waals surface area contributed by atoms with Gasteiger partial charge in [0, 0.05) is 26.2 Å². The summed E-state index contributed by atoms with van der Waals surface area (Å²) < 4.78 is 38.4. The molecule has 1 heterocycles. The maximum absolute atomic E-state index is 14.0. The molecule has 20 heavy (non-hydrogen) atoms. The maximum atomic E-state index is 14.0. The highest BCUT2D eigenvalue weighted by molar-refractivity contribution is 7.88. The van der Waals surface area contributed by atoms with Crippen molar-refractivity contribution in [2.45, 2.75) is 6.42 Å². The molecule has 1 aromatic carbocycles. The van der Waals surface area contributed by atoms with E-state index >= 15 is 0 Å². The van der Waals surface area contributed by atoms with E-state index in [1.807, 2.05) is 11.0 Å². The molecular formula is C13H16FN3O2S. The Hall–Kier alpha value is -1.65. The number of sulfonamides is 1. The SMILES string of the molecule is CS(=O)(=O)N1CCCN(c2ccc(C#N)cc2F)CC1. The van der Waals surface area contributed by atoms with Crippen molar-refractivity contribution in [1.29, 1.82) is 5.26 Å². The molecule has 0 N–H and O–H groups in total. The molecule has 0 aliphatic carbocycles. The number of halogens is 1. The van der Waals surface area contributed by atoms with Gasteiger partial charge in [-0.15, -0.1) is 0 Å². The van der Waals surface area contributed by atoms with Crippen LogP contribution in [0.5, 0.6) is 0 Å². The van der Waals surface area contributed by atoms with Crippen molar-refractivity contribution < 1.29 is 12.8 Å². The van der Waals surface area contributed by atoms with Crippen molar-refractivity contribution in [3.63, 3.8) is 0 Å². The van der Waals surface area contributed by atoms with E-state index in [0.29, 0.717) is 38.3 Å². The fourth-order valence-electron chi connectivity index (χ4n) is 2.30. The minimum atomic E-state index is -3.21. The summed E-state index contributed by atoms with van der Waals surface area (Å²) >= 11 is 0. The minimum Gasteiger partial charge on any atom is -0.368 e. The predicted octanol–water partition coefficient (Wildman–Crippen LogP) is 1.17. The normalized spacial score (nSPS) is 17.6. The maximum Gasteiger partial charge on any atom is 0.211 e. The van der Waals surface area contributed by atoms with E-state index in [1.165, 1.54) is 16.6 Å². The summed E-state index contributed by atoms with van der Waals surface area (Å²) in [6, 6.07) is 6.23. The second kappa shape index (κ2) is 5.77. The lowest BCUT2D eigenvalue weighted by atomic mass is 10.2. The highest BCUT2D eigenvalue weighted by atomic mass is 32.2. The molecule has 108 valence electrons. The Morgan fingerprint density at radius 3 is 2.60 bits per heavy atom. The molecule has 0 amide bonds. The van der Waals surface area contributed by atoms with Crippen LogP contribution in [-0.2, 0) is 10.0 Å². The zero-order valence-corrected chi connectivity index (χ0v) is 12.0. The average molecular weight is 297 g/mol. The molecule has 1 aliphatic rings. The van der Waals surface area contributed by atoms with Gasteiger partial charge in [-0.05, 0) is 24.6 Å². The first-order valence-corrected chi connectivity index (χ1v) is 8.16. The molecule has 1 saturated heterocycles. The smallest absolute Gasteiger partial charge is 0.211 e. The van der Waals surface area contributed by atoms with Crippen molar-refractivity contribution in [3.05, 3.63) is 29.6 Å². The first-order valence-electron chi connectivity index (χ1n) is 6.31. The van der Waals surface area contributed by atoms with Crippen LogP contribution in [0, 0.1) is 17.1 Å². The van der Waals surface area contributed by atoms with Gasteiger partial charge in [0.05, 0.1) is 23.6 Å². The molecule has 7 heteroatoms. The van der Waals surface area contributed by atoms with Crippen molar-refractivity contribution in [3.8, 4) is 6.07 Å². The van der Waals surface area contributed by atoms with Crippen LogP contribution in [0.1, 0.15) is 12.0 Å². The average Bonchev–Trinajstić information content (AvgIpc) is 2.63. The van der Waals surface area contributed by atoms with E-state index in [9.17, 15) is 12.8 Å². The summed E-state index contributed by atoms with van der Waals surface area (Å²) in [7, 11) is -3.21. The summed E-state index contributed by atoms with van der Waals surface area (Å²) in [6.45, 7) is 1.83. The van der Waals surface area contributed by atoms with Gasteiger partial charge >= 0.3 is 0 Å². The van der Waals surface area contributed by atoms with Crippen LogP contribution in [-0.4, -0.2) is 45.2 Å². The molecule has 0 atom stereocenters. The third-order valence-electron chi connectivity index (χ3n) is 3.34. The Morgan fingerprint density at radius 2 is 2.00 bits per heavy atom. The monoisotopic (exact) mass is 297 g/mol. The van der Waals surface area contributed by atoms with E-state index in [2.05, 4.69) is 0 Å². The quantitative estimate of drug-likeness (QED) is 0.822. The van der Waals surface area contributed by atoms with Gasteiger partial charge in [-0.1, -0.05) is 0 Å². The fourth-order valence-corrected chi connectivity index (χ4v) is 3.17. The third-order valence-corrected chi connectivity index (χ3v) is 4.64. The standard InChI is InChI=1S/C13H16FN3O2S/c1-20(18,19)17-6-2-5-16(7-8-17)13-4-3-11(10-15)9-12(13)14/h3-4,9H,2,5-8H2,1H3. The molecule has 2 rings (SSSR count). The Bertz CT molecular complexity index is 640. The minimum absolute atomic E-state index is 0.277. The van der Waals surface area contributed by atoms with Crippen molar-refractivity contribution in [2.24, 2.45) is 0 Å². The van der Waals surface area contributed by atoms with Crippen LogP contribution < -0.4 is 4.90 Å². The van der Waals surface area contributed by atoms with Gasteiger partial charge < -0.3 is 4.90 Å². The van der Waals surface area contributed by atoms with E-state index in [4.69, 9.17) is 5.26 Å². The molecule has 5 nitrogen and oxygen atoms in total. The predicted molar refractivity (Wildman–Crippen MR) is 74.4 cm³/mol. The second-order valence-corrected chi connectivity index (χ2v) is 6.76. The Labute approximate surface area is 118 Å². The van der Waals surface area contributed by atoms with Crippen LogP contribution >= 0.6 is 0 Å². The van der Waals surface area contributed by atoms with Gasteiger partial charge in [0.15, 0.2) is 0 Å². The fraction of sp³-hybridized carbons (Fsp3) is 0.462. The third kappa shape index (κ3) is 3.26. The van der Waals surface area contributed by atoms with Gasteiger partial charge in [-0.2, -0.15) is 5.26 Å². The summed E-state index contributed by atoms with van der Waals surface area (Å²) in [5.41, 5.74) is 0.693. The molecule has 0 saturated carbocycles. The lowest BCUT2D eigenvalue weighted by molar-refractivity contribution is 0.437. The highest BCUT2D eigenvalue weighted by Crippen LogP contribution is 2.22. The number of nitriles is 1. The number of benzene rings is 1. The summed E-state index contributed by atoms with van der Waals surface area (Å²) in [4.78, 5) is 1.82. The number of hydrogen-bond donors (Lipinski definition) is 0. The van der Waals surface area contributed by atoms with Crippen LogP contribution in [0.25, 0.3) is 0 Å². The molecule has 1 aliphatic heterocycles. The lowest BCUT2D eigenvalue weighted by Gasteiger charge is -2.23. The van der Waals surface area contributed by atoms with Crippen LogP contribution in [0.4, 0.5) is 10.1 Å². The topological polar surface area (TPSA) is 64.4 Å². The van der Waals surface area contributed by atoms with Gasteiger partial charge in [0.2, 0.25) is 10.0 Å². The molecule has 0 spiro atoms. The molecule has 0 aromatic heterocycles. The van der Waals surface area contributed by atoms with Crippen LogP contribution in [0.3, 0.4) is 0 Å². The molecule has 1 aromatic rings. The Kier molecular flexibility index (Phi) is 4.26. The van der Waals surface area contributed by atoms with E-state index in [0.717, 1.165) is 0 Å². The van der Waals surface area contributed by atoms with Crippen molar-refractivity contribution in [1.82, 2.24) is 4.31 Å². The number of anilines is 1. The zero-order valence-electron chi connectivity index (χ0n) is 11.2. The molecular weight excluding hydrogens is 281 g/mol. The Balaban J connectivity index is 2.17. The van der Waals surface area contributed by atoms with Crippen LogP contribution in [0.15, 0.2) is 18.2 Å². The Morgan fingerprint density at radius 1 is 1.25 bits per heavy atom. The van der Waals surface area contributed by atoms with Crippen LogP contribution in [0.2, 0.25) is 0 Å². The number of rotatable bonds is 2. The summed E-state index contributed by atoms with van der Waals surface area (Å²) in [6.07, 6.45) is 1.83. The van der Waals surface area contributed by atoms with E-state index in [-0.39, 0.29) is 5.56 Å². The van der Waals surface area contributed by atoms with Gasteiger partial charge in [-0.3, -0.25) is 0 Å². The molecule has 0 radical (unpaired) electrons. The lowest BCUT2D eigenvalue weighted by Crippen LogP contribution is -2.34. The first-order chi connectivity index (χ1) is 9.41. The molecule has 0 bridgehead atoms. The molecule has 0 unspecified atom stereocenters. The van der Waals surface area contributed by atoms with E-state index < -0.39 is 15.8 Å². The summed E-state index contributed by atoms with van der Waals surface area (Å²) in [5.74, 6) is -0.447. The number of hydrogen-bond acceptors (Lipinski definition) is 4. The van der Waals surface area contributed by atoms with Crippen molar-refractivity contribution >= 4 is 15.7 Å². The summed E-state index contributed by atoms with van der Waals surface area (Å²) in [5, 5.41) is 8.73. The van der Waals surface area contributed by atoms with Gasteiger partial charge in [0.1, 0.15) is 5.82 Å². The zero-order chi connectivity index (χ0) is 14.8. The second-order valence-electron chi connectivity index (χ2n) is 4.78. The van der Waals surface area contributed by atoms with Gasteiger partial charge in [-0.25, -0.2) is 17.1 Å². The highest BCUT2D eigenvalue weighted by Gasteiger charge is 2.22.